The van der Waals surface area contributed by atoms with Gasteiger partial charge in [-0.1, -0.05) is 47.6 Å². The first-order valence-electron chi connectivity index (χ1n) is 5.62. The van der Waals surface area contributed by atoms with E-state index in [1.165, 1.54) is 11.8 Å². The van der Waals surface area contributed by atoms with Crippen molar-refractivity contribution in [2.24, 2.45) is 0 Å². The second kappa shape index (κ2) is 5.07. The van der Waals surface area contributed by atoms with Crippen LogP contribution >= 0.6 is 23.4 Å². The standard InChI is InChI=1S/C14H9ClN2OS/c15-13-7-8-14(17-16-13)19-12-6-5-11(18)9-3-1-2-4-10(9)12/h1-8,18H. The maximum absolute atomic E-state index is 9.84. The Labute approximate surface area is 119 Å². The summed E-state index contributed by atoms with van der Waals surface area (Å²) in [5.74, 6) is 0.280. The number of fused-ring (bicyclic) bond motifs is 1. The van der Waals surface area contributed by atoms with Crippen molar-refractivity contribution in [2.75, 3.05) is 0 Å². The third-order valence-corrected chi connectivity index (χ3v) is 3.89. The number of benzene rings is 2. The zero-order valence-corrected chi connectivity index (χ0v) is 11.3. The second-order valence-corrected chi connectivity index (χ2v) is 5.37. The largest absolute Gasteiger partial charge is 0.507 e. The Bertz CT molecular complexity index is 731. The van der Waals surface area contributed by atoms with Crippen LogP contribution in [-0.4, -0.2) is 15.3 Å². The predicted octanol–water partition coefficient (Wildman–Crippen LogP) is 4.14. The molecule has 0 atom stereocenters. The minimum absolute atomic E-state index is 0.280. The molecular weight excluding hydrogens is 280 g/mol. The molecule has 0 spiro atoms. The number of aromatic hydroxyl groups is 1. The van der Waals surface area contributed by atoms with Crippen molar-refractivity contribution in [1.82, 2.24) is 10.2 Å². The lowest BCUT2D eigenvalue weighted by atomic mass is 10.1. The number of nitrogens with zero attached hydrogens (tertiary/aromatic N) is 2. The number of phenolic OH excluding ortho intramolecular Hbond substituents is 1. The van der Waals surface area contributed by atoms with Crippen LogP contribution in [0.25, 0.3) is 10.8 Å². The Morgan fingerprint density at radius 1 is 0.895 bits per heavy atom. The molecule has 1 aromatic heterocycles. The molecule has 0 amide bonds. The zero-order valence-electron chi connectivity index (χ0n) is 9.75. The van der Waals surface area contributed by atoms with E-state index in [2.05, 4.69) is 10.2 Å². The Morgan fingerprint density at radius 2 is 1.68 bits per heavy atom. The summed E-state index contributed by atoms with van der Waals surface area (Å²) in [5, 5.41) is 20.6. The molecule has 3 rings (SSSR count). The molecule has 19 heavy (non-hydrogen) atoms. The van der Waals surface area contributed by atoms with Gasteiger partial charge < -0.3 is 5.11 Å². The normalized spacial score (nSPS) is 10.8. The van der Waals surface area contributed by atoms with Gasteiger partial charge in [0.25, 0.3) is 0 Å². The van der Waals surface area contributed by atoms with Gasteiger partial charge in [0.1, 0.15) is 10.8 Å². The van der Waals surface area contributed by atoms with Crippen LogP contribution in [0.2, 0.25) is 5.15 Å². The second-order valence-electron chi connectivity index (χ2n) is 3.92. The molecule has 0 aliphatic rings. The maximum Gasteiger partial charge on any atom is 0.151 e. The Balaban J connectivity index is 2.06. The highest BCUT2D eigenvalue weighted by Gasteiger charge is 2.07. The van der Waals surface area contributed by atoms with E-state index >= 15 is 0 Å². The van der Waals surface area contributed by atoms with E-state index in [0.29, 0.717) is 5.15 Å². The average molecular weight is 289 g/mol. The van der Waals surface area contributed by atoms with E-state index in [0.717, 1.165) is 20.7 Å². The lowest BCUT2D eigenvalue weighted by Crippen LogP contribution is -1.85. The number of phenols is 1. The van der Waals surface area contributed by atoms with Crippen LogP contribution in [0.4, 0.5) is 0 Å². The summed E-state index contributed by atoms with van der Waals surface area (Å²) >= 11 is 7.21. The van der Waals surface area contributed by atoms with Gasteiger partial charge in [-0.25, -0.2) is 0 Å². The summed E-state index contributed by atoms with van der Waals surface area (Å²) in [5.41, 5.74) is 0. The van der Waals surface area contributed by atoms with Gasteiger partial charge in [-0.15, -0.1) is 10.2 Å². The molecule has 0 aliphatic heterocycles. The van der Waals surface area contributed by atoms with Gasteiger partial charge in [-0.05, 0) is 29.7 Å². The Kier molecular flexibility index (Phi) is 3.27. The van der Waals surface area contributed by atoms with Crippen LogP contribution in [0.1, 0.15) is 0 Å². The fourth-order valence-electron chi connectivity index (χ4n) is 1.82. The minimum atomic E-state index is 0.280. The first-order chi connectivity index (χ1) is 9.24. The fourth-order valence-corrected chi connectivity index (χ4v) is 2.78. The topological polar surface area (TPSA) is 46.0 Å². The van der Waals surface area contributed by atoms with Crippen molar-refractivity contribution in [3.05, 3.63) is 53.7 Å². The number of rotatable bonds is 2. The quantitative estimate of drug-likeness (QED) is 0.770. The molecule has 1 heterocycles. The molecule has 0 bridgehead atoms. The first kappa shape index (κ1) is 12.3. The molecule has 3 aromatic rings. The molecule has 3 nitrogen and oxygen atoms in total. The highest BCUT2D eigenvalue weighted by atomic mass is 35.5. The van der Waals surface area contributed by atoms with Gasteiger partial charge in [0, 0.05) is 10.3 Å². The maximum atomic E-state index is 9.84. The van der Waals surface area contributed by atoms with Crippen molar-refractivity contribution >= 4 is 34.1 Å². The number of hydrogen-bond acceptors (Lipinski definition) is 4. The predicted molar refractivity (Wildman–Crippen MR) is 76.8 cm³/mol. The molecule has 0 radical (unpaired) electrons. The first-order valence-corrected chi connectivity index (χ1v) is 6.81. The SMILES string of the molecule is Oc1ccc(Sc2ccc(Cl)nn2)c2ccccc12. The molecule has 1 N–H and O–H groups in total. The molecule has 94 valence electrons. The third-order valence-electron chi connectivity index (χ3n) is 2.68. The van der Waals surface area contributed by atoms with Crippen LogP contribution in [0.5, 0.6) is 5.75 Å². The summed E-state index contributed by atoms with van der Waals surface area (Å²) in [6.45, 7) is 0. The van der Waals surface area contributed by atoms with E-state index in [1.807, 2.05) is 36.4 Å². The minimum Gasteiger partial charge on any atom is -0.507 e. The lowest BCUT2D eigenvalue weighted by molar-refractivity contribution is 0.481. The summed E-state index contributed by atoms with van der Waals surface area (Å²) in [7, 11) is 0. The monoisotopic (exact) mass is 288 g/mol. The number of aromatic nitrogens is 2. The average Bonchev–Trinajstić information content (AvgIpc) is 2.45. The summed E-state index contributed by atoms with van der Waals surface area (Å²) in [4.78, 5) is 1.02. The summed E-state index contributed by atoms with van der Waals surface area (Å²) in [6.07, 6.45) is 0. The molecule has 5 heteroatoms. The van der Waals surface area contributed by atoms with Gasteiger partial charge in [0.2, 0.25) is 0 Å². The highest BCUT2D eigenvalue weighted by molar-refractivity contribution is 7.99. The summed E-state index contributed by atoms with van der Waals surface area (Å²) in [6, 6.07) is 14.8. The van der Waals surface area contributed by atoms with Crippen molar-refractivity contribution in [3.8, 4) is 5.75 Å². The van der Waals surface area contributed by atoms with E-state index in [4.69, 9.17) is 11.6 Å². The van der Waals surface area contributed by atoms with E-state index < -0.39 is 0 Å². The van der Waals surface area contributed by atoms with Crippen molar-refractivity contribution in [3.63, 3.8) is 0 Å². The number of halogens is 1. The molecule has 0 saturated carbocycles. The highest BCUT2D eigenvalue weighted by Crippen LogP contribution is 2.36. The van der Waals surface area contributed by atoms with Crippen LogP contribution in [0, 0.1) is 0 Å². The van der Waals surface area contributed by atoms with E-state index in [-0.39, 0.29) is 5.75 Å². The van der Waals surface area contributed by atoms with Crippen molar-refractivity contribution < 1.29 is 5.11 Å². The molecule has 2 aromatic carbocycles. The smallest absolute Gasteiger partial charge is 0.151 e. The third kappa shape index (κ3) is 2.50. The molecular formula is C14H9ClN2OS. The van der Waals surface area contributed by atoms with Crippen LogP contribution in [0.3, 0.4) is 0 Å². The number of hydrogen-bond donors (Lipinski definition) is 1. The van der Waals surface area contributed by atoms with Crippen molar-refractivity contribution in [1.29, 1.82) is 0 Å². The Hall–Kier alpha value is -1.78. The molecule has 0 saturated heterocycles. The Morgan fingerprint density at radius 3 is 2.42 bits per heavy atom. The van der Waals surface area contributed by atoms with Crippen LogP contribution in [0.15, 0.2) is 58.5 Å². The van der Waals surface area contributed by atoms with Gasteiger partial charge in [0.05, 0.1) is 0 Å². The van der Waals surface area contributed by atoms with Crippen LogP contribution < -0.4 is 0 Å². The fraction of sp³-hybridized carbons (Fsp3) is 0. The molecule has 0 unspecified atom stereocenters. The van der Waals surface area contributed by atoms with E-state index in [1.54, 1.807) is 12.1 Å². The molecule has 0 aliphatic carbocycles. The van der Waals surface area contributed by atoms with Crippen LogP contribution in [-0.2, 0) is 0 Å². The van der Waals surface area contributed by atoms with Gasteiger partial charge in [-0.3, -0.25) is 0 Å². The van der Waals surface area contributed by atoms with Gasteiger partial charge >= 0.3 is 0 Å². The lowest BCUT2D eigenvalue weighted by Gasteiger charge is -2.07. The van der Waals surface area contributed by atoms with Crippen molar-refractivity contribution in [2.45, 2.75) is 9.92 Å². The summed E-state index contributed by atoms with van der Waals surface area (Å²) < 4.78 is 0. The zero-order chi connectivity index (χ0) is 13.2. The van der Waals surface area contributed by atoms with E-state index in [9.17, 15) is 5.11 Å². The molecule has 0 fully saturated rings. The van der Waals surface area contributed by atoms with Gasteiger partial charge in [0.15, 0.2) is 5.15 Å². The van der Waals surface area contributed by atoms with Gasteiger partial charge in [-0.2, -0.15) is 0 Å².